The molecule has 2 atom stereocenters. The molecule has 0 bridgehead atoms. The Hall–Kier alpha value is -8.73. The summed E-state index contributed by atoms with van der Waals surface area (Å²) >= 11 is 0. The van der Waals surface area contributed by atoms with Crippen molar-refractivity contribution in [1.29, 1.82) is 0 Å². The molecular formula is C64H42N4. The average Bonchev–Trinajstić information content (AvgIpc) is 3.73. The summed E-state index contributed by atoms with van der Waals surface area (Å²) in [6.07, 6.45) is 0. The number of rotatable bonds is 5. The lowest BCUT2D eigenvalue weighted by Crippen LogP contribution is -2.17. The van der Waals surface area contributed by atoms with E-state index in [2.05, 4.69) is 236 Å². The van der Waals surface area contributed by atoms with Crippen molar-refractivity contribution in [2.45, 2.75) is 18.8 Å². The molecule has 1 aliphatic carbocycles. The molecule has 0 spiro atoms. The second kappa shape index (κ2) is 15.2. The second-order valence-corrected chi connectivity index (χ2v) is 18.4. The first kappa shape index (κ1) is 38.5. The van der Waals surface area contributed by atoms with E-state index >= 15 is 0 Å². The molecule has 1 aliphatic rings. The number of benzene rings is 11. The van der Waals surface area contributed by atoms with Gasteiger partial charge >= 0.3 is 0 Å². The maximum absolute atomic E-state index is 5.26. The van der Waals surface area contributed by atoms with Gasteiger partial charge in [0.15, 0.2) is 17.5 Å². The minimum Gasteiger partial charge on any atom is -0.309 e. The van der Waals surface area contributed by atoms with Crippen LogP contribution < -0.4 is 0 Å². The number of fused-ring (bicyclic) bond motifs is 11. The van der Waals surface area contributed by atoms with Gasteiger partial charge in [0.25, 0.3) is 0 Å². The Labute approximate surface area is 393 Å². The molecule has 2 aromatic heterocycles. The minimum absolute atomic E-state index is 0.219. The Morgan fingerprint density at radius 2 is 0.956 bits per heavy atom. The quantitative estimate of drug-likeness (QED) is 0.173. The number of aromatic nitrogens is 4. The fourth-order valence-corrected chi connectivity index (χ4v) is 11.3. The third-order valence-electron chi connectivity index (χ3n) is 14.6. The SMILES string of the molecule is CC1c2cc3c(cc2-c2c(ccc4ccccc24)C1c1ccccc1)c1ccccc1n3-c1ccc2c(-c3nc(-c4ccc5ccccc5c4)nc(-c4ccc5ccccc5c4)n3)cccc2c1. The van der Waals surface area contributed by atoms with Crippen LogP contribution in [0.3, 0.4) is 0 Å². The molecule has 2 unspecified atom stereocenters. The molecule has 0 radical (unpaired) electrons. The van der Waals surface area contributed by atoms with Gasteiger partial charge in [0.05, 0.1) is 11.0 Å². The van der Waals surface area contributed by atoms with Crippen LogP contribution in [0.25, 0.3) is 116 Å². The summed E-state index contributed by atoms with van der Waals surface area (Å²) in [7, 11) is 0. The van der Waals surface area contributed by atoms with Crippen molar-refractivity contribution in [1.82, 2.24) is 19.5 Å². The van der Waals surface area contributed by atoms with Gasteiger partial charge in [-0.3, -0.25) is 0 Å². The summed E-state index contributed by atoms with van der Waals surface area (Å²) in [6, 6.07) is 81.6. The highest BCUT2D eigenvalue weighted by molar-refractivity contribution is 6.13. The number of para-hydroxylation sites is 1. The van der Waals surface area contributed by atoms with E-state index in [-0.39, 0.29) is 11.8 Å². The van der Waals surface area contributed by atoms with Crippen LogP contribution in [0.4, 0.5) is 0 Å². The Morgan fingerprint density at radius 1 is 0.353 bits per heavy atom. The van der Waals surface area contributed by atoms with Crippen molar-refractivity contribution in [3.63, 3.8) is 0 Å². The van der Waals surface area contributed by atoms with Gasteiger partial charge in [-0.15, -0.1) is 0 Å². The molecule has 0 aliphatic heterocycles. The molecule has 318 valence electrons. The average molecular weight is 867 g/mol. The van der Waals surface area contributed by atoms with Gasteiger partial charge in [0.2, 0.25) is 0 Å². The first-order valence-corrected chi connectivity index (χ1v) is 23.5. The van der Waals surface area contributed by atoms with Gasteiger partial charge in [-0.05, 0) is 119 Å². The lowest BCUT2D eigenvalue weighted by atomic mass is 9.68. The molecule has 0 saturated heterocycles. The van der Waals surface area contributed by atoms with Gasteiger partial charge in [-0.25, -0.2) is 15.0 Å². The van der Waals surface area contributed by atoms with E-state index in [1.54, 1.807) is 0 Å². The molecule has 68 heavy (non-hydrogen) atoms. The second-order valence-electron chi connectivity index (χ2n) is 18.4. The summed E-state index contributed by atoms with van der Waals surface area (Å²) < 4.78 is 2.47. The van der Waals surface area contributed by atoms with E-state index in [1.807, 2.05) is 0 Å². The molecule has 13 aromatic rings. The largest absolute Gasteiger partial charge is 0.309 e. The summed E-state index contributed by atoms with van der Waals surface area (Å²) in [6.45, 7) is 2.42. The maximum atomic E-state index is 5.26. The smallest absolute Gasteiger partial charge is 0.164 e. The van der Waals surface area contributed by atoms with E-state index in [9.17, 15) is 0 Å². The number of hydrogen-bond donors (Lipinski definition) is 0. The Bertz CT molecular complexity index is 4090. The molecule has 0 N–H and O–H groups in total. The Morgan fingerprint density at radius 3 is 1.69 bits per heavy atom. The van der Waals surface area contributed by atoms with Crippen LogP contribution >= 0.6 is 0 Å². The van der Waals surface area contributed by atoms with Crippen LogP contribution in [-0.4, -0.2) is 19.5 Å². The van der Waals surface area contributed by atoms with E-state index in [0.717, 1.165) is 43.9 Å². The highest BCUT2D eigenvalue weighted by Crippen LogP contribution is 2.53. The predicted molar refractivity (Wildman–Crippen MR) is 283 cm³/mol. The number of nitrogens with zero attached hydrogens (tertiary/aromatic N) is 4. The van der Waals surface area contributed by atoms with Crippen molar-refractivity contribution in [3.8, 4) is 51.0 Å². The highest BCUT2D eigenvalue weighted by Gasteiger charge is 2.34. The summed E-state index contributed by atoms with van der Waals surface area (Å²) in [5.74, 6) is 2.39. The minimum atomic E-state index is 0.219. The van der Waals surface area contributed by atoms with E-state index in [0.29, 0.717) is 17.5 Å². The zero-order chi connectivity index (χ0) is 44.9. The van der Waals surface area contributed by atoms with Crippen LogP contribution in [0.15, 0.2) is 224 Å². The van der Waals surface area contributed by atoms with Crippen molar-refractivity contribution in [2.75, 3.05) is 0 Å². The van der Waals surface area contributed by atoms with Crippen LogP contribution in [0, 0.1) is 0 Å². The van der Waals surface area contributed by atoms with Crippen molar-refractivity contribution < 1.29 is 0 Å². The summed E-state index contributed by atoms with van der Waals surface area (Å²) in [4.78, 5) is 15.7. The maximum Gasteiger partial charge on any atom is 0.164 e. The fourth-order valence-electron chi connectivity index (χ4n) is 11.3. The van der Waals surface area contributed by atoms with Gasteiger partial charge in [-0.2, -0.15) is 0 Å². The van der Waals surface area contributed by atoms with Crippen molar-refractivity contribution in [3.05, 3.63) is 241 Å². The molecule has 0 amide bonds. The lowest BCUT2D eigenvalue weighted by Gasteiger charge is -2.35. The fraction of sp³-hybridized carbons (Fsp3) is 0.0469. The van der Waals surface area contributed by atoms with E-state index < -0.39 is 0 Å². The molecule has 0 fully saturated rings. The Balaban J connectivity index is 0.953. The van der Waals surface area contributed by atoms with E-state index in [4.69, 9.17) is 15.0 Å². The van der Waals surface area contributed by atoms with Crippen LogP contribution in [0.1, 0.15) is 35.4 Å². The third kappa shape index (κ3) is 6.04. The zero-order valence-electron chi connectivity index (χ0n) is 37.3. The monoisotopic (exact) mass is 866 g/mol. The summed E-state index contributed by atoms with van der Waals surface area (Å²) in [5, 5.41) is 11.9. The molecule has 4 nitrogen and oxygen atoms in total. The predicted octanol–water partition coefficient (Wildman–Crippen LogP) is 16.5. The van der Waals surface area contributed by atoms with Crippen molar-refractivity contribution in [2.24, 2.45) is 0 Å². The van der Waals surface area contributed by atoms with Crippen LogP contribution in [0.5, 0.6) is 0 Å². The zero-order valence-corrected chi connectivity index (χ0v) is 37.3. The molecule has 4 heteroatoms. The van der Waals surface area contributed by atoms with E-state index in [1.165, 1.54) is 71.2 Å². The Kier molecular flexibility index (Phi) is 8.59. The summed E-state index contributed by atoms with van der Waals surface area (Å²) in [5.41, 5.74) is 13.2. The van der Waals surface area contributed by atoms with Gasteiger partial charge < -0.3 is 4.57 Å². The molecule has 14 rings (SSSR count). The molecule has 0 saturated carbocycles. The van der Waals surface area contributed by atoms with Crippen LogP contribution in [-0.2, 0) is 0 Å². The standard InChI is InChI=1S/C64H42N4/c1-39-55-38-59-56(37-57(55)61-51-22-10-9-16-42(51)30-32-54(61)60(39)43-17-3-2-4-18-43)52-23-11-12-25-58(52)68(59)49-31-33-50-46(36-49)21-13-24-53(50)64-66-62(47-28-26-40-14-5-7-19-44(40)34-47)65-63(67-64)48-29-27-41-15-6-8-20-45(41)35-48/h2-39,60H,1H3. The normalized spacial score (nSPS) is 14.5. The van der Waals surface area contributed by atoms with Gasteiger partial charge in [-0.1, -0.05) is 189 Å². The first-order valence-electron chi connectivity index (χ1n) is 23.5. The molecule has 11 aromatic carbocycles. The molecular weight excluding hydrogens is 825 g/mol. The highest BCUT2D eigenvalue weighted by atomic mass is 15.0. The van der Waals surface area contributed by atoms with Crippen LogP contribution in [0.2, 0.25) is 0 Å². The number of hydrogen-bond acceptors (Lipinski definition) is 3. The van der Waals surface area contributed by atoms with Gasteiger partial charge in [0.1, 0.15) is 0 Å². The first-order chi connectivity index (χ1) is 33.6. The molecule has 2 heterocycles. The van der Waals surface area contributed by atoms with Gasteiger partial charge in [0, 0.05) is 39.1 Å². The topological polar surface area (TPSA) is 43.6 Å². The lowest BCUT2D eigenvalue weighted by molar-refractivity contribution is 0.651. The van der Waals surface area contributed by atoms with Crippen molar-refractivity contribution >= 4 is 64.9 Å². The third-order valence-corrected chi connectivity index (χ3v) is 14.6.